The highest BCUT2D eigenvalue weighted by Crippen LogP contribution is 2.22. The summed E-state index contributed by atoms with van der Waals surface area (Å²) in [5, 5.41) is 11.3. The Labute approximate surface area is 206 Å². The van der Waals surface area contributed by atoms with E-state index < -0.39 is 6.09 Å². The van der Waals surface area contributed by atoms with E-state index in [0.717, 1.165) is 12.1 Å². The fourth-order valence-electron chi connectivity index (χ4n) is 3.82. The summed E-state index contributed by atoms with van der Waals surface area (Å²) in [6, 6.07) is 15.5. The zero-order valence-corrected chi connectivity index (χ0v) is 19.6. The van der Waals surface area contributed by atoms with Gasteiger partial charge in [0.05, 0.1) is 11.9 Å². The first-order valence-electron chi connectivity index (χ1n) is 11.5. The zero-order valence-electron chi connectivity index (χ0n) is 19.6. The lowest BCUT2D eigenvalue weighted by molar-refractivity contribution is 0.0648. The molecule has 10 nitrogen and oxygen atoms in total. The van der Waals surface area contributed by atoms with Gasteiger partial charge in [0.15, 0.2) is 5.82 Å². The van der Waals surface area contributed by atoms with E-state index in [9.17, 15) is 14.0 Å². The van der Waals surface area contributed by atoms with E-state index in [4.69, 9.17) is 4.74 Å². The Balaban J connectivity index is 1.28. The molecule has 0 radical (unpaired) electrons. The van der Waals surface area contributed by atoms with Gasteiger partial charge in [-0.15, -0.1) is 5.10 Å². The number of carbonyl (C=O) groups is 2. The minimum atomic E-state index is -0.715. The van der Waals surface area contributed by atoms with Crippen LogP contribution in [0.3, 0.4) is 0 Å². The van der Waals surface area contributed by atoms with Crippen LogP contribution < -0.4 is 10.1 Å². The van der Waals surface area contributed by atoms with Gasteiger partial charge in [0.25, 0.3) is 5.91 Å². The van der Waals surface area contributed by atoms with Crippen LogP contribution in [0.4, 0.5) is 9.18 Å². The van der Waals surface area contributed by atoms with Crippen LogP contribution in [0, 0.1) is 5.82 Å². The molecule has 1 aliphatic heterocycles. The smallest absolute Gasteiger partial charge is 0.391 e. The van der Waals surface area contributed by atoms with E-state index in [-0.39, 0.29) is 29.7 Å². The molecule has 11 heteroatoms. The molecule has 2 amide bonds. The number of hydrogen-bond acceptors (Lipinski definition) is 6. The predicted octanol–water partition coefficient (Wildman–Crippen LogP) is 2.98. The van der Waals surface area contributed by atoms with Crippen LogP contribution in [0.15, 0.2) is 60.8 Å². The Morgan fingerprint density at radius 3 is 2.64 bits per heavy atom. The fraction of sp³-hybridized carbons (Fsp3) is 0.240. The van der Waals surface area contributed by atoms with E-state index in [1.807, 2.05) is 30.3 Å². The molecule has 1 aliphatic rings. The topological polar surface area (TPSA) is 107 Å². The minimum absolute atomic E-state index is 0.0882. The average molecular weight is 490 g/mol. The summed E-state index contributed by atoms with van der Waals surface area (Å²) in [6.45, 7) is 1.55. The Morgan fingerprint density at radius 2 is 1.92 bits per heavy atom. The second kappa shape index (κ2) is 9.98. The first-order valence-corrected chi connectivity index (χ1v) is 11.5. The van der Waals surface area contributed by atoms with E-state index in [0.29, 0.717) is 36.7 Å². The molecular formula is C25H24FN7O3. The average Bonchev–Trinajstić information content (AvgIpc) is 3.42. The van der Waals surface area contributed by atoms with Gasteiger partial charge in [0.2, 0.25) is 5.88 Å². The number of benzene rings is 2. The summed E-state index contributed by atoms with van der Waals surface area (Å²) in [5.41, 5.74) is 1.58. The maximum atomic E-state index is 13.8. The maximum absolute atomic E-state index is 13.8. The van der Waals surface area contributed by atoms with Crippen LogP contribution in [0.1, 0.15) is 22.6 Å². The normalized spacial score (nSPS) is 12.8. The van der Waals surface area contributed by atoms with Crippen LogP contribution in [0.5, 0.6) is 5.88 Å². The molecule has 4 aromatic rings. The van der Waals surface area contributed by atoms with Crippen molar-refractivity contribution in [1.82, 2.24) is 34.8 Å². The van der Waals surface area contributed by atoms with Gasteiger partial charge < -0.3 is 15.0 Å². The number of ether oxygens (including phenoxy) is 1. The third kappa shape index (κ3) is 4.81. The fourth-order valence-corrected chi connectivity index (χ4v) is 3.82. The lowest BCUT2D eigenvalue weighted by Crippen LogP contribution is -2.42. The molecule has 3 heterocycles. The van der Waals surface area contributed by atoms with Gasteiger partial charge in [-0.1, -0.05) is 30.3 Å². The summed E-state index contributed by atoms with van der Waals surface area (Å²) in [5.74, 6) is 0.454. The summed E-state index contributed by atoms with van der Waals surface area (Å²) in [4.78, 5) is 31.4. The van der Waals surface area contributed by atoms with Gasteiger partial charge in [-0.3, -0.25) is 4.79 Å². The van der Waals surface area contributed by atoms with Crippen LogP contribution in [0.25, 0.3) is 17.1 Å². The highest BCUT2D eigenvalue weighted by Gasteiger charge is 2.28. The lowest BCUT2D eigenvalue weighted by Gasteiger charge is -2.30. The summed E-state index contributed by atoms with van der Waals surface area (Å²) in [6.07, 6.45) is 1.97. The monoisotopic (exact) mass is 489 g/mol. The van der Waals surface area contributed by atoms with Crippen molar-refractivity contribution < 1.29 is 18.7 Å². The van der Waals surface area contributed by atoms with Gasteiger partial charge in [-0.25, -0.2) is 23.5 Å². The highest BCUT2D eigenvalue weighted by molar-refractivity contribution is 5.97. The van der Waals surface area contributed by atoms with Gasteiger partial charge in [-0.2, -0.15) is 5.10 Å². The van der Waals surface area contributed by atoms with Crippen molar-refractivity contribution in [2.75, 3.05) is 19.6 Å². The number of hydrogen-bond donors (Lipinski definition) is 1. The first kappa shape index (κ1) is 23.2. The number of nitrogens with zero attached hydrogens (tertiary/aromatic N) is 6. The van der Waals surface area contributed by atoms with E-state index in [2.05, 4.69) is 20.5 Å². The minimum Gasteiger partial charge on any atom is -0.391 e. The highest BCUT2D eigenvalue weighted by atomic mass is 19.1. The summed E-state index contributed by atoms with van der Waals surface area (Å²) >= 11 is 0. The molecule has 36 heavy (non-hydrogen) atoms. The van der Waals surface area contributed by atoms with Gasteiger partial charge in [-0.05, 0) is 30.7 Å². The molecule has 0 aliphatic carbocycles. The number of aryl methyl sites for hydroxylation is 1. The number of likely N-dealkylation sites (tertiary alicyclic amines) is 1. The van der Waals surface area contributed by atoms with Crippen molar-refractivity contribution >= 4 is 12.0 Å². The number of nitrogens with one attached hydrogen (secondary N) is 1. The largest absolute Gasteiger partial charge is 0.413 e. The molecule has 2 aromatic carbocycles. The van der Waals surface area contributed by atoms with E-state index >= 15 is 0 Å². The molecule has 1 saturated heterocycles. The summed E-state index contributed by atoms with van der Waals surface area (Å²) < 4.78 is 22.2. The quantitative estimate of drug-likeness (QED) is 0.428. The van der Waals surface area contributed by atoms with Gasteiger partial charge >= 0.3 is 6.09 Å². The number of carbonyl (C=O) groups excluding carboxylic acids is 2. The van der Waals surface area contributed by atoms with Crippen molar-refractivity contribution in [2.45, 2.75) is 12.8 Å². The molecule has 5 rings (SSSR count). The zero-order chi connectivity index (χ0) is 25.1. The standard InChI is InChI=1S/C25H24FN7O3/c1-31-24(20(16-28-31)23(34)32-13-6-14-32)36-25(35)27-12-11-21-29-22(17-7-5-8-18(26)15-17)30-33(21)19-9-3-2-4-10-19/h2-5,7-10,15-16H,6,11-14H2,1H3,(H,27,35). The molecule has 0 atom stereocenters. The first-order chi connectivity index (χ1) is 17.5. The Kier molecular flexibility index (Phi) is 6.44. The molecular weight excluding hydrogens is 465 g/mol. The summed E-state index contributed by atoms with van der Waals surface area (Å²) in [7, 11) is 1.60. The van der Waals surface area contributed by atoms with Crippen LogP contribution in [-0.2, 0) is 13.5 Å². The number of halogens is 1. The van der Waals surface area contributed by atoms with Crippen LogP contribution >= 0.6 is 0 Å². The van der Waals surface area contributed by atoms with Crippen LogP contribution in [0.2, 0.25) is 0 Å². The molecule has 1 N–H and O–H groups in total. The Hall–Kier alpha value is -4.54. The Bertz CT molecular complexity index is 1400. The molecule has 0 unspecified atom stereocenters. The van der Waals surface area contributed by atoms with Crippen molar-refractivity contribution in [3.05, 3.63) is 78.0 Å². The van der Waals surface area contributed by atoms with E-state index in [1.54, 1.807) is 28.8 Å². The Morgan fingerprint density at radius 1 is 1.11 bits per heavy atom. The number of rotatable bonds is 7. The van der Waals surface area contributed by atoms with Gasteiger partial charge in [0, 0.05) is 38.7 Å². The van der Waals surface area contributed by atoms with Crippen molar-refractivity contribution in [3.8, 4) is 23.0 Å². The van der Waals surface area contributed by atoms with E-state index in [1.165, 1.54) is 23.0 Å². The second-order valence-corrected chi connectivity index (χ2v) is 8.31. The maximum Gasteiger partial charge on any atom is 0.413 e. The lowest BCUT2D eigenvalue weighted by atomic mass is 10.2. The number of amides is 2. The number of para-hydroxylation sites is 1. The van der Waals surface area contributed by atoms with Crippen molar-refractivity contribution in [3.63, 3.8) is 0 Å². The second-order valence-electron chi connectivity index (χ2n) is 8.31. The molecule has 2 aromatic heterocycles. The van der Waals surface area contributed by atoms with Gasteiger partial charge in [0.1, 0.15) is 17.2 Å². The molecule has 0 spiro atoms. The van der Waals surface area contributed by atoms with Crippen molar-refractivity contribution in [1.29, 1.82) is 0 Å². The van der Waals surface area contributed by atoms with Crippen molar-refractivity contribution in [2.24, 2.45) is 7.05 Å². The third-order valence-corrected chi connectivity index (χ3v) is 5.82. The van der Waals surface area contributed by atoms with Crippen LogP contribution in [-0.4, -0.2) is 61.1 Å². The molecule has 0 bridgehead atoms. The molecule has 1 fully saturated rings. The predicted molar refractivity (Wildman–Crippen MR) is 128 cm³/mol. The third-order valence-electron chi connectivity index (χ3n) is 5.82. The molecule has 0 saturated carbocycles. The SMILES string of the molecule is Cn1ncc(C(=O)N2CCC2)c1OC(=O)NCCc1nc(-c2cccc(F)c2)nn1-c1ccccc1. The molecule has 184 valence electrons. The number of aromatic nitrogens is 5.